The molecule has 0 aliphatic carbocycles. The monoisotopic (exact) mass is 252 g/mol. The highest BCUT2D eigenvalue weighted by Crippen LogP contribution is 2.11. The Balaban J connectivity index is 2.33. The average molecular weight is 252 g/mol. The minimum atomic E-state index is -0.100. The Morgan fingerprint density at radius 3 is 2.67 bits per heavy atom. The fourth-order valence-corrected chi connectivity index (χ4v) is 1.81. The van der Waals surface area contributed by atoms with E-state index in [0.29, 0.717) is 12.5 Å². The predicted octanol–water partition coefficient (Wildman–Crippen LogP) is 2.81. The third-order valence-electron chi connectivity index (χ3n) is 2.87. The number of likely N-dealkylation sites (N-methyl/N-ethyl adjacent to an activating group) is 1. The van der Waals surface area contributed by atoms with Crippen LogP contribution in [0.15, 0.2) is 18.2 Å². The van der Waals surface area contributed by atoms with Crippen LogP contribution >= 0.6 is 0 Å². The quantitative estimate of drug-likeness (QED) is 0.751. The molecule has 18 heavy (non-hydrogen) atoms. The van der Waals surface area contributed by atoms with Gasteiger partial charge in [0, 0.05) is 25.2 Å². The molecule has 1 rings (SSSR count). The van der Waals surface area contributed by atoms with Gasteiger partial charge in [0.2, 0.25) is 0 Å². The minimum Gasteiger partial charge on any atom is -0.315 e. The number of hydrogen-bond donors (Lipinski definition) is 1. The van der Waals surface area contributed by atoms with Gasteiger partial charge >= 0.3 is 0 Å². The van der Waals surface area contributed by atoms with Gasteiger partial charge < -0.3 is 10.2 Å². The fraction of sp³-hybridized carbons (Fsp3) is 0.600. The zero-order chi connectivity index (χ0) is 13.5. The number of halogens is 1. The largest absolute Gasteiger partial charge is 0.315 e. The van der Waals surface area contributed by atoms with E-state index >= 15 is 0 Å². The van der Waals surface area contributed by atoms with Crippen molar-refractivity contribution >= 4 is 0 Å². The van der Waals surface area contributed by atoms with Gasteiger partial charge in [0.25, 0.3) is 0 Å². The first kappa shape index (κ1) is 15.1. The molecule has 0 heterocycles. The SMILES string of the molecule is Cc1ccc(CN(C)CCNCC(C)C)c(F)c1. The van der Waals surface area contributed by atoms with E-state index in [1.54, 1.807) is 6.07 Å². The summed E-state index contributed by atoms with van der Waals surface area (Å²) in [5.74, 6) is 0.571. The minimum absolute atomic E-state index is 0.100. The second-order valence-electron chi connectivity index (χ2n) is 5.43. The van der Waals surface area contributed by atoms with Crippen molar-refractivity contribution < 1.29 is 4.39 Å². The number of aryl methyl sites for hydroxylation is 1. The molecule has 0 atom stereocenters. The summed E-state index contributed by atoms with van der Waals surface area (Å²) < 4.78 is 13.7. The summed E-state index contributed by atoms with van der Waals surface area (Å²) in [7, 11) is 2.02. The Hall–Kier alpha value is -0.930. The van der Waals surface area contributed by atoms with E-state index in [-0.39, 0.29) is 5.82 Å². The zero-order valence-corrected chi connectivity index (χ0v) is 12.0. The first-order chi connectivity index (χ1) is 8.49. The Bertz CT molecular complexity index is 364. The molecule has 0 radical (unpaired) electrons. The number of benzene rings is 1. The number of nitrogens with zero attached hydrogens (tertiary/aromatic N) is 1. The fourth-order valence-electron chi connectivity index (χ4n) is 1.81. The van der Waals surface area contributed by atoms with E-state index in [1.165, 1.54) is 0 Å². The van der Waals surface area contributed by atoms with Crippen molar-refractivity contribution in [2.75, 3.05) is 26.7 Å². The van der Waals surface area contributed by atoms with Crippen molar-refractivity contribution in [3.05, 3.63) is 35.1 Å². The van der Waals surface area contributed by atoms with Crippen LogP contribution in [-0.4, -0.2) is 31.6 Å². The lowest BCUT2D eigenvalue weighted by Crippen LogP contribution is -2.31. The first-order valence-electron chi connectivity index (χ1n) is 6.63. The van der Waals surface area contributed by atoms with Gasteiger partial charge in [-0.1, -0.05) is 26.0 Å². The van der Waals surface area contributed by atoms with E-state index in [4.69, 9.17) is 0 Å². The van der Waals surface area contributed by atoms with Crippen LogP contribution in [0.2, 0.25) is 0 Å². The van der Waals surface area contributed by atoms with Gasteiger partial charge in [0.15, 0.2) is 0 Å². The molecule has 0 bridgehead atoms. The molecular weight excluding hydrogens is 227 g/mol. The molecule has 0 aliphatic rings. The summed E-state index contributed by atoms with van der Waals surface area (Å²) in [4.78, 5) is 2.14. The maximum atomic E-state index is 13.7. The summed E-state index contributed by atoms with van der Waals surface area (Å²) >= 11 is 0. The second-order valence-corrected chi connectivity index (χ2v) is 5.43. The Labute approximate surface area is 110 Å². The standard InChI is InChI=1S/C15H25FN2/c1-12(2)10-17-7-8-18(4)11-14-6-5-13(3)9-15(14)16/h5-6,9,12,17H,7-8,10-11H2,1-4H3. The van der Waals surface area contributed by atoms with Crippen molar-refractivity contribution in [1.29, 1.82) is 0 Å². The molecule has 0 fully saturated rings. The van der Waals surface area contributed by atoms with Crippen molar-refractivity contribution in [3.63, 3.8) is 0 Å². The predicted molar refractivity (Wildman–Crippen MR) is 75.2 cm³/mol. The third-order valence-corrected chi connectivity index (χ3v) is 2.87. The van der Waals surface area contributed by atoms with E-state index in [9.17, 15) is 4.39 Å². The highest BCUT2D eigenvalue weighted by molar-refractivity contribution is 5.23. The van der Waals surface area contributed by atoms with Gasteiger partial charge in [0.05, 0.1) is 0 Å². The first-order valence-corrected chi connectivity index (χ1v) is 6.63. The van der Waals surface area contributed by atoms with Crippen LogP contribution in [0.1, 0.15) is 25.0 Å². The molecule has 0 amide bonds. The van der Waals surface area contributed by atoms with E-state index in [2.05, 4.69) is 24.1 Å². The van der Waals surface area contributed by atoms with Crippen molar-refractivity contribution in [1.82, 2.24) is 10.2 Å². The molecule has 0 aromatic heterocycles. The smallest absolute Gasteiger partial charge is 0.127 e. The molecule has 0 unspecified atom stereocenters. The highest BCUT2D eigenvalue weighted by atomic mass is 19.1. The second kappa shape index (κ2) is 7.49. The molecule has 1 aromatic carbocycles. The van der Waals surface area contributed by atoms with Crippen LogP contribution < -0.4 is 5.32 Å². The summed E-state index contributed by atoms with van der Waals surface area (Å²) in [6.07, 6.45) is 0. The zero-order valence-electron chi connectivity index (χ0n) is 12.0. The maximum Gasteiger partial charge on any atom is 0.127 e. The van der Waals surface area contributed by atoms with Gasteiger partial charge in [-0.3, -0.25) is 0 Å². The summed E-state index contributed by atoms with van der Waals surface area (Å²) in [5.41, 5.74) is 1.74. The molecule has 3 heteroatoms. The Kier molecular flexibility index (Phi) is 6.30. The maximum absolute atomic E-state index is 13.7. The molecule has 0 saturated heterocycles. The van der Waals surface area contributed by atoms with E-state index in [1.807, 2.05) is 26.1 Å². The molecule has 1 N–H and O–H groups in total. The summed E-state index contributed by atoms with van der Waals surface area (Å²) in [6.45, 7) is 9.87. The lowest BCUT2D eigenvalue weighted by molar-refractivity contribution is 0.316. The molecular formula is C15H25FN2. The number of hydrogen-bond acceptors (Lipinski definition) is 2. The van der Waals surface area contributed by atoms with Crippen LogP contribution in [0, 0.1) is 18.7 Å². The topological polar surface area (TPSA) is 15.3 Å². The molecule has 1 aromatic rings. The van der Waals surface area contributed by atoms with Crippen LogP contribution in [0.25, 0.3) is 0 Å². The van der Waals surface area contributed by atoms with Gasteiger partial charge in [0.1, 0.15) is 5.82 Å². The highest BCUT2D eigenvalue weighted by Gasteiger charge is 2.05. The molecule has 0 aliphatic heterocycles. The van der Waals surface area contributed by atoms with Gasteiger partial charge in [-0.25, -0.2) is 4.39 Å². The molecule has 0 spiro atoms. The normalized spacial score (nSPS) is 11.5. The lowest BCUT2D eigenvalue weighted by Gasteiger charge is -2.18. The van der Waals surface area contributed by atoms with E-state index in [0.717, 1.165) is 30.8 Å². The Morgan fingerprint density at radius 2 is 2.06 bits per heavy atom. The lowest BCUT2D eigenvalue weighted by atomic mass is 10.1. The molecule has 2 nitrogen and oxygen atoms in total. The van der Waals surface area contributed by atoms with Crippen LogP contribution in [0.4, 0.5) is 4.39 Å². The molecule has 102 valence electrons. The van der Waals surface area contributed by atoms with Gasteiger partial charge in [-0.2, -0.15) is 0 Å². The average Bonchev–Trinajstić information content (AvgIpc) is 2.28. The van der Waals surface area contributed by atoms with Crippen molar-refractivity contribution in [2.24, 2.45) is 5.92 Å². The van der Waals surface area contributed by atoms with Crippen molar-refractivity contribution in [3.8, 4) is 0 Å². The van der Waals surface area contributed by atoms with Crippen LogP contribution in [0.3, 0.4) is 0 Å². The summed E-state index contributed by atoms with van der Waals surface area (Å²) in [6, 6.07) is 5.44. The van der Waals surface area contributed by atoms with Gasteiger partial charge in [-0.05, 0) is 38.1 Å². The van der Waals surface area contributed by atoms with Gasteiger partial charge in [-0.15, -0.1) is 0 Å². The van der Waals surface area contributed by atoms with Crippen LogP contribution in [-0.2, 0) is 6.54 Å². The third kappa shape index (κ3) is 5.61. The number of rotatable bonds is 7. The van der Waals surface area contributed by atoms with E-state index < -0.39 is 0 Å². The Morgan fingerprint density at radius 1 is 1.33 bits per heavy atom. The summed E-state index contributed by atoms with van der Waals surface area (Å²) in [5, 5.41) is 3.39. The number of nitrogens with one attached hydrogen (secondary N) is 1. The van der Waals surface area contributed by atoms with Crippen molar-refractivity contribution in [2.45, 2.75) is 27.3 Å². The van der Waals surface area contributed by atoms with Crippen LogP contribution in [0.5, 0.6) is 0 Å². The molecule has 0 saturated carbocycles.